The van der Waals surface area contributed by atoms with Crippen LogP contribution >= 0.6 is 0 Å². The summed E-state index contributed by atoms with van der Waals surface area (Å²) in [6, 6.07) is 12.2. The number of amides is 1. The van der Waals surface area contributed by atoms with Crippen molar-refractivity contribution in [3.8, 4) is 0 Å². The van der Waals surface area contributed by atoms with Crippen molar-refractivity contribution in [3.05, 3.63) is 42.1 Å². The van der Waals surface area contributed by atoms with E-state index in [0.29, 0.717) is 11.8 Å². The number of rotatable bonds is 3. The second-order valence-corrected chi connectivity index (χ2v) is 6.86. The van der Waals surface area contributed by atoms with Crippen LogP contribution < -0.4 is 0 Å². The molecule has 23 heavy (non-hydrogen) atoms. The third kappa shape index (κ3) is 2.95. The van der Waals surface area contributed by atoms with E-state index in [2.05, 4.69) is 17.1 Å². The van der Waals surface area contributed by atoms with Crippen LogP contribution in [0.5, 0.6) is 0 Å². The van der Waals surface area contributed by atoms with Crippen LogP contribution in [-0.2, 0) is 16.0 Å². The van der Waals surface area contributed by atoms with Gasteiger partial charge in [-0.15, -0.1) is 0 Å². The molecule has 1 aromatic carbocycles. The number of hydrogen-bond donors (Lipinski definition) is 0. The van der Waals surface area contributed by atoms with E-state index in [1.165, 1.54) is 0 Å². The molecule has 4 rings (SSSR count). The normalized spacial score (nSPS) is 19.7. The maximum atomic E-state index is 12.4. The van der Waals surface area contributed by atoms with Gasteiger partial charge in [-0.25, -0.2) is 0 Å². The molecule has 0 atom stereocenters. The van der Waals surface area contributed by atoms with Gasteiger partial charge in [0.2, 0.25) is 5.91 Å². The predicted molar refractivity (Wildman–Crippen MR) is 89.1 cm³/mol. The molecule has 2 aromatic rings. The number of aryl methyl sites for hydroxylation is 1. The summed E-state index contributed by atoms with van der Waals surface area (Å²) < 4.78 is 5.43. The van der Waals surface area contributed by atoms with Crippen LogP contribution in [0.2, 0.25) is 0 Å². The Labute approximate surface area is 136 Å². The zero-order chi connectivity index (χ0) is 15.7. The molecule has 120 valence electrons. The Hall–Kier alpha value is -1.94. The Morgan fingerprint density at radius 3 is 2.74 bits per heavy atom. The fourth-order valence-electron chi connectivity index (χ4n) is 3.70. The highest BCUT2D eigenvalue weighted by atomic mass is 16.5. The highest BCUT2D eigenvalue weighted by molar-refractivity contribution is 5.79. The van der Waals surface area contributed by atoms with E-state index in [9.17, 15) is 4.79 Å². The summed E-state index contributed by atoms with van der Waals surface area (Å²) in [6.07, 6.45) is 3.47. The number of nitrogens with zero attached hydrogens (tertiary/aromatic N) is 2. The minimum Gasteiger partial charge on any atom is -0.381 e. The van der Waals surface area contributed by atoms with Crippen LogP contribution in [0.15, 0.2) is 36.4 Å². The first-order valence-corrected chi connectivity index (χ1v) is 8.44. The van der Waals surface area contributed by atoms with Gasteiger partial charge in [0.25, 0.3) is 0 Å². The third-order valence-electron chi connectivity index (χ3n) is 5.21. The molecular weight excluding hydrogens is 288 g/mol. The van der Waals surface area contributed by atoms with E-state index >= 15 is 0 Å². The fourth-order valence-corrected chi connectivity index (χ4v) is 3.70. The number of pyridine rings is 1. The summed E-state index contributed by atoms with van der Waals surface area (Å²) in [7, 11) is 0. The quantitative estimate of drug-likeness (QED) is 0.875. The molecule has 0 N–H and O–H groups in total. The standard InChI is InChI=1S/C19H22N2O2/c22-18(21-13-19(14-21)9-11-23-12-10-19)8-7-16-6-5-15-3-1-2-4-17(15)20-16/h1-6H,7-14H2. The Balaban J connectivity index is 1.32. The molecule has 2 fully saturated rings. The van der Waals surface area contributed by atoms with Crippen molar-refractivity contribution in [1.29, 1.82) is 0 Å². The first-order valence-electron chi connectivity index (χ1n) is 8.44. The smallest absolute Gasteiger partial charge is 0.222 e. The number of ether oxygens (including phenoxy) is 1. The van der Waals surface area contributed by atoms with Gasteiger partial charge in [-0.2, -0.15) is 0 Å². The van der Waals surface area contributed by atoms with Crippen LogP contribution in [0.4, 0.5) is 0 Å². The Kier molecular flexibility index (Phi) is 3.77. The summed E-state index contributed by atoms with van der Waals surface area (Å²) in [5, 5.41) is 1.15. The maximum absolute atomic E-state index is 12.4. The highest BCUT2D eigenvalue weighted by Gasteiger charge is 2.45. The van der Waals surface area contributed by atoms with Crippen molar-refractivity contribution in [2.24, 2.45) is 5.41 Å². The molecule has 0 radical (unpaired) electrons. The van der Waals surface area contributed by atoms with Crippen molar-refractivity contribution >= 4 is 16.8 Å². The summed E-state index contributed by atoms with van der Waals surface area (Å²) in [5.74, 6) is 0.261. The number of fused-ring (bicyclic) bond motifs is 1. The molecule has 2 saturated heterocycles. The van der Waals surface area contributed by atoms with Gasteiger partial charge in [-0.3, -0.25) is 9.78 Å². The van der Waals surface area contributed by atoms with Gasteiger partial charge in [0, 0.05) is 49.2 Å². The van der Waals surface area contributed by atoms with E-state index in [-0.39, 0.29) is 5.91 Å². The molecule has 4 heteroatoms. The van der Waals surface area contributed by atoms with Gasteiger partial charge in [0.15, 0.2) is 0 Å². The van der Waals surface area contributed by atoms with Crippen LogP contribution in [0.1, 0.15) is 25.0 Å². The molecule has 0 aliphatic carbocycles. The van der Waals surface area contributed by atoms with E-state index in [1.54, 1.807) is 0 Å². The number of carbonyl (C=O) groups is 1. The van der Waals surface area contributed by atoms with E-state index in [4.69, 9.17) is 4.74 Å². The van der Waals surface area contributed by atoms with Crippen molar-refractivity contribution < 1.29 is 9.53 Å². The number of para-hydroxylation sites is 1. The number of likely N-dealkylation sites (tertiary alicyclic amines) is 1. The lowest BCUT2D eigenvalue weighted by molar-refractivity contribution is -0.150. The van der Waals surface area contributed by atoms with E-state index in [0.717, 1.165) is 62.2 Å². The summed E-state index contributed by atoms with van der Waals surface area (Å²) >= 11 is 0. The van der Waals surface area contributed by atoms with Crippen molar-refractivity contribution in [2.75, 3.05) is 26.3 Å². The highest BCUT2D eigenvalue weighted by Crippen LogP contribution is 2.39. The first-order chi connectivity index (χ1) is 11.2. The van der Waals surface area contributed by atoms with Crippen molar-refractivity contribution in [1.82, 2.24) is 9.88 Å². The molecular formula is C19H22N2O2. The summed E-state index contributed by atoms with van der Waals surface area (Å²) in [5.41, 5.74) is 2.36. The molecule has 2 aliphatic heterocycles. The maximum Gasteiger partial charge on any atom is 0.222 e. The average molecular weight is 310 g/mol. The predicted octanol–water partition coefficient (Wildman–Crippen LogP) is 2.81. The molecule has 1 amide bonds. The minimum atomic E-state index is 0.261. The second kappa shape index (κ2) is 5.93. The van der Waals surface area contributed by atoms with Gasteiger partial charge in [-0.1, -0.05) is 24.3 Å². The molecule has 1 aromatic heterocycles. The summed E-state index contributed by atoms with van der Waals surface area (Å²) in [6.45, 7) is 3.53. The molecule has 1 spiro atoms. The van der Waals surface area contributed by atoms with Gasteiger partial charge in [0.1, 0.15) is 0 Å². The van der Waals surface area contributed by atoms with Crippen LogP contribution in [0, 0.1) is 5.41 Å². The third-order valence-corrected chi connectivity index (χ3v) is 5.21. The van der Waals surface area contributed by atoms with Gasteiger partial charge >= 0.3 is 0 Å². The van der Waals surface area contributed by atoms with Gasteiger partial charge in [0.05, 0.1) is 5.52 Å². The average Bonchev–Trinajstić information content (AvgIpc) is 2.58. The molecule has 4 nitrogen and oxygen atoms in total. The van der Waals surface area contributed by atoms with Crippen molar-refractivity contribution in [3.63, 3.8) is 0 Å². The fraction of sp³-hybridized carbons (Fsp3) is 0.474. The Bertz CT molecular complexity index is 714. The SMILES string of the molecule is O=C(CCc1ccc2ccccc2n1)N1CC2(CCOCC2)C1. The Morgan fingerprint density at radius 2 is 1.91 bits per heavy atom. The second-order valence-electron chi connectivity index (χ2n) is 6.86. The zero-order valence-electron chi connectivity index (χ0n) is 13.3. The zero-order valence-corrected chi connectivity index (χ0v) is 13.3. The lowest BCUT2D eigenvalue weighted by Gasteiger charge is -2.52. The van der Waals surface area contributed by atoms with Crippen molar-refractivity contribution in [2.45, 2.75) is 25.7 Å². The Morgan fingerprint density at radius 1 is 1.13 bits per heavy atom. The molecule has 0 saturated carbocycles. The molecule has 0 bridgehead atoms. The topological polar surface area (TPSA) is 42.4 Å². The monoisotopic (exact) mass is 310 g/mol. The van der Waals surface area contributed by atoms with Crippen LogP contribution in [0.25, 0.3) is 10.9 Å². The van der Waals surface area contributed by atoms with Crippen LogP contribution in [-0.4, -0.2) is 42.1 Å². The molecule has 0 unspecified atom stereocenters. The lowest BCUT2D eigenvalue weighted by atomic mass is 9.73. The van der Waals surface area contributed by atoms with Crippen LogP contribution in [0.3, 0.4) is 0 Å². The first kappa shape index (κ1) is 14.6. The van der Waals surface area contributed by atoms with E-state index in [1.807, 2.05) is 29.2 Å². The van der Waals surface area contributed by atoms with Gasteiger partial charge < -0.3 is 9.64 Å². The number of hydrogen-bond acceptors (Lipinski definition) is 3. The number of carbonyl (C=O) groups excluding carboxylic acids is 1. The minimum absolute atomic E-state index is 0.261. The number of benzene rings is 1. The summed E-state index contributed by atoms with van der Waals surface area (Å²) in [4.78, 5) is 19.0. The van der Waals surface area contributed by atoms with E-state index < -0.39 is 0 Å². The largest absolute Gasteiger partial charge is 0.381 e. The van der Waals surface area contributed by atoms with Gasteiger partial charge in [-0.05, 0) is 31.4 Å². The number of aromatic nitrogens is 1. The molecule has 2 aliphatic rings. The molecule has 3 heterocycles. The lowest BCUT2D eigenvalue weighted by Crippen LogP contribution is -2.60.